The Bertz CT molecular complexity index is 1140. The predicted octanol–water partition coefficient (Wildman–Crippen LogP) is 3.22. The molecule has 0 saturated carbocycles. The van der Waals surface area contributed by atoms with Gasteiger partial charge in [0.2, 0.25) is 0 Å². The number of halogens is 1. The zero-order valence-electron chi connectivity index (χ0n) is 15.3. The van der Waals surface area contributed by atoms with Crippen molar-refractivity contribution in [1.82, 2.24) is 10.0 Å². The number of ether oxygens (including phenoxy) is 1. The normalized spacial score (nSPS) is 11.2. The van der Waals surface area contributed by atoms with Crippen molar-refractivity contribution in [2.24, 2.45) is 0 Å². The molecule has 29 heavy (non-hydrogen) atoms. The molecule has 11 heteroatoms. The molecule has 1 amide bonds. The van der Waals surface area contributed by atoms with Gasteiger partial charge in [0.15, 0.2) is 4.21 Å². The fourth-order valence-electron chi connectivity index (χ4n) is 2.40. The van der Waals surface area contributed by atoms with Gasteiger partial charge >= 0.3 is 0 Å². The molecule has 2 N–H and O–H groups in total. The molecule has 1 heterocycles. The number of anilines is 1. The second-order valence-electron chi connectivity index (χ2n) is 5.84. The summed E-state index contributed by atoms with van der Waals surface area (Å²) >= 11 is 0.925. The second kappa shape index (κ2) is 8.15. The van der Waals surface area contributed by atoms with Gasteiger partial charge in [-0.15, -0.1) is 11.3 Å². The Morgan fingerprint density at radius 1 is 1.24 bits per heavy atom. The number of carbonyl (C=O) groups is 1. The molecule has 3 rings (SSSR count). The van der Waals surface area contributed by atoms with E-state index in [2.05, 4.69) is 9.71 Å². The second-order valence-corrected chi connectivity index (χ2v) is 8.78. The molecule has 0 saturated heterocycles. The van der Waals surface area contributed by atoms with Crippen molar-refractivity contribution in [3.05, 3.63) is 60.0 Å². The third-order valence-electron chi connectivity index (χ3n) is 3.83. The number of benzene rings is 2. The standard InChI is InChI=1S/C18H16FN3O5S2/c1-22(24)18(23)12-5-8-14(15(9-12)27-2)21-29(25,26)16-10-20-17(28-16)11-3-6-13(19)7-4-11/h3-10,21,24H,1-2H3. The highest BCUT2D eigenvalue weighted by atomic mass is 32.2. The molecule has 0 aliphatic carbocycles. The number of hydroxylamine groups is 2. The Morgan fingerprint density at radius 2 is 1.93 bits per heavy atom. The zero-order chi connectivity index (χ0) is 21.2. The van der Waals surface area contributed by atoms with E-state index in [1.165, 1.54) is 62.8 Å². The summed E-state index contributed by atoms with van der Waals surface area (Å²) < 4.78 is 46.0. The van der Waals surface area contributed by atoms with E-state index in [4.69, 9.17) is 4.74 Å². The van der Waals surface area contributed by atoms with Crippen molar-refractivity contribution in [1.29, 1.82) is 0 Å². The van der Waals surface area contributed by atoms with E-state index in [-0.39, 0.29) is 21.2 Å². The minimum Gasteiger partial charge on any atom is -0.495 e. The summed E-state index contributed by atoms with van der Waals surface area (Å²) in [7, 11) is -1.49. The summed E-state index contributed by atoms with van der Waals surface area (Å²) in [5.41, 5.74) is 0.818. The quantitative estimate of drug-likeness (QED) is 0.453. The lowest BCUT2D eigenvalue weighted by Crippen LogP contribution is -2.22. The van der Waals surface area contributed by atoms with Crippen LogP contribution in [-0.4, -0.2) is 43.7 Å². The average molecular weight is 437 g/mol. The van der Waals surface area contributed by atoms with Crippen LogP contribution >= 0.6 is 11.3 Å². The molecule has 1 aromatic heterocycles. The minimum absolute atomic E-state index is 0.0471. The lowest BCUT2D eigenvalue weighted by Gasteiger charge is -2.13. The van der Waals surface area contributed by atoms with Crippen LogP contribution in [0.5, 0.6) is 5.75 Å². The maximum Gasteiger partial charge on any atom is 0.277 e. The predicted molar refractivity (Wildman–Crippen MR) is 105 cm³/mol. The van der Waals surface area contributed by atoms with E-state index >= 15 is 0 Å². The number of nitrogens with one attached hydrogen (secondary N) is 1. The largest absolute Gasteiger partial charge is 0.495 e. The Morgan fingerprint density at radius 3 is 2.55 bits per heavy atom. The monoisotopic (exact) mass is 437 g/mol. The van der Waals surface area contributed by atoms with Gasteiger partial charge < -0.3 is 4.74 Å². The summed E-state index contributed by atoms with van der Waals surface area (Å²) in [6.45, 7) is 0. The van der Waals surface area contributed by atoms with Crippen molar-refractivity contribution in [2.75, 3.05) is 18.9 Å². The number of methoxy groups -OCH3 is 1. The molecule has 0 radical (unpaired) electrons. The number of amides is 1. The molecule has 0 fully saturated rings. The van der Waals surface area contributed by atoms with Crippen LogP contribution in [0.2, 0.25) is 0 Å². The third kappa shape index (κ3) is 4.53. The molecule has 0 aliphatic heterocycles. The first-order chi connectivity index (χ1) is 13.7. The molecule has 2 aromatic carbocycles. The number of aromatic nitrogens is 1. The van der Waals surface area contributed by atoms with E-state index in [0.29, 0.717) is 15.6 Å². The third-order valence-corrected chi connectivity index (χ3v) is 6.70. The first kappa shape index (κ1) is 20.7. The number of rotatable bonds is 6. The van der Waals surface area contributed by atoms with Crippen molar-refractivity contribution in [2.45, 2.75) is 4.21 Å². The fraction of sp³-hybridized carbons (Fsp3) is 0.111. The SMILES string of the molecule is COc1cc(C(=O)N(C)O)ccc1NS(=O)(=O)c1cnc(-c2ccc(F)cc2)s1. The molecule has 0 aliphatic rings. The van der Waals surface area contributed by atoms with Gasteiger partial charge in [-0.3, -0.25) is 14.7 Å². The topological polar surface area (TPSA) is 109 Å². The number of sulfonamides is 1. The zero-order valence-corrected chi connectivity index (χ0v) is 16.9. The minimum atomic E-state index is -3.98. The first-order valence-corrected chi connectivity index (χ1v) is 10.4. The van der Waals surface area contributed by atoms with Crippen molar-refractivity contribution in [3.63, 3.8) is 0 Å². The van der Waals surface area contributed by atoms with Gasteiger partial charge in [-0.05, 0) is 42.5 Å². The van der Waals surface area contributed by atoms with Gasteiger partial charge in [-0.2, -0.15) is 0 Å². The van der Waals surface area contributed by atoms with Gasteiger partial charge in [0.05, 0.1) is 19.0 Å². The van der Waals surface area contributed by atoms with Crippen LogP contribution < -0.4 is 9.46 Å². The number of nitrogens with zero attached hydrogens (tertiary/aromatic N) is 2. The summed E-state index contributed by atoms with van der Waals surface area (Å²) in [4.78, 5) is 15.9. The van der Waals surface area contributed by atoms with E-state index in [9.17, 15) is 22.8 Å². The van der Waals surface area contributed by atoms with Gasteiger partial charge in [0.25, 0.3) is 15.9 Å². The molecular weight excluding hydrogens is 421 g/mol. The lowest BCUT2D eigenvalue weighted by atomic mass is 10.2. The lowest BCUT2D eigenvalue weighted by molar-refractivity contribution is -0.0375. The van der Waals surface area contributed by atoms with E-state index in [1.807, 2.05) is 0 Å². The maximum atomic E-state index is 13.1. The molecule has 3 aromatic rings. The smallest absolute Gasteiger partial charge is 0.277 e. The van der Waals surface area contributed by atoms with Gasteiger partial charge in [0, 0.05) is 18.2 Å². The van der Waals surface area contributed by atoms with Crippen LogP contribution in [-0.2, 0) is 10.0 Å². The van der Waals surface area contributed by atoms with Crippen LogP contribution in [0.1, 0.15) is 10.4 Å². The summed E-state index contributed by atoms with van der Waals surface area (Å²) in [6, 6.07) is 9.57. The molecule has 0 spiro atoms. The summed E-state index contributed by atoms with van der Waals surface area (Å²) in [6.07, 6.45) is 1.21. The Hall–Kier alpha value is -3.02. The van der Waals surface area contributed by atoms with Gasteiger partial charge in [-0.1, -0.05) is 0 Å². The van der Waals surface area contributed by atoms with E-state index in [1.54, 1.807) is 0 Å². The van der Waals surface area contributed by atoms with Crippen LogP contribution in [0, 0.1) is 5.82 Å². The molecule has 8 nitrogen and oxygen atoms in total. The van der Waals surface area contributed by atoms with Crippen LogP contribution in [0.25, 0.3) is 10.6 Å². The molecule has 0 bridgehead atoms. The van der Waals surface area contributed by atoms with E-state index in [0.717, 1.165) is 11.3 Å². The fourth-order valence-corrected chi connectivity index (χ4v) is 4.61. The van der Waals surface area contributed by atoms with Crippen LogP contribution in [0.3, 0.4) is 0 Å². The Kier molecular flexibility index (Phi) is 5.82. The molecule has 0 atom stereocenters. The molecule has 0 unspecified atom stereocenters. The highest BCUT2D eigenvalue weighted by Crippen LogP contribution is 2.32. The average Bonchev–Trinajstić information content (AvgIpc) is 3.19. The Labute approximate surface area is 170 Å². The molecule has 152 valence electrons. The van der Waals surface area contributed by atoms with Gasteiger partial charge in [0.1, 0.15) is 16.6 Å². The van der Waals surface area contributed by atoms with Crippen molar-refractivity contribution >= 4 is 33.0 Å². The maximum absolute atomic E-state index is 13.1. The number of thiazole rings is 1. The number of hydrogen-bond acceptors (Lipinski definition) is 7. The van der Waals surface area contributed by atoms with Crippen molar-refractivity contribution < 1.29 is 27.5 Å². The van der Waals surface area contributed by atoms with Crippen LogP contribution in [0.15, 0.2) is 52.9 Å². The summed E-state index contributed by atoms with van der Waals surface area (Å²) in [5.74, 6) is -0.977. The number of hydrogen-bond donors (Lipinski definition) is 2. The van der Waals surface area contributed by atoms with Crippen molar-refractivity contribution in [3.8, 4) is 16.3 Å². The number of carbonyl (C=O) groups excluding carboxylic acids is 1. The van der Waals surface area contributed by atoms with E-state index < -0.39 is 21.7 Å². The highest BCUT2D eigenvalue weighted by molar-refractivity contribution is 7.94. The summed E-state index contributed by atoms with van der Waals surface area (Å²) in [5, 5.41) is 10.1. The Balaban J connectivity index is 1.88. The highest BCUT2D eigenvalue weighted by Gasteiger charge is 2.21. The van der Waals surface area contributed by atoms with Crippen LogP contribution in [0.4, 0.5) is 10.1 Å². The molecular formula is C18H16FN3O5S2. The van der Waals surface area contributed by atoms with Gasteiger partial charge in [-0.25, -0.2) is 22.9 Å². The first-order valence-electron chi connectivity index (χ1n) is 8.11.